The highest BCUT2D eigenvalue weighted by molar-refractivity contribution is 14.1. The number of hydrazone groups is 1. The standard InChI is InChI=1S/C19H15IN2O5/c1-25-18(23)11-26-16-7-6-12(8-14(16)20)10-21-22-19(24)17-9-13-4-2-3-5-15(13)27-17/h2-10H,11H2,1H3,(H,22,24)/b21-10+. The number of furan rings is 1. The molecule has 138 valence electrons. The quantitative estimate of drug-likeness (QED) is 0.254. The molecule has 7 nitrogen and oxygen atoms in total. The Kier molecular flexibility index (Phi) is 6.07. The van der Waals surface area contributed by atoms with E-state index in [0.29, 0.717) is 11.3 Å². The Hall–Kier alpha value is -2.88. The third-order valence-electron chi connectivity index (χ3n) is 3.56. The molecule has 1 heterocycles. The third kappa shape index (κ3) is 4.85. The van der Waals surface area contributed by atoms with Crippen LogP contribution in [0.1, 0.15) is 16.1 Å². The summed E-state index contributed by atoms with van der Waals surface area (Å²) < 4.78 is 16.2. The Balaban J connectivity index is 1.61. The molecule has 2 aromatic carbocycles. The Bertz CT molecular complexity index is 979. The van der Waals surface area contributed by atoms with Crippen molar-refractivity contribution in [3.63, 3.8) is 0 Å². The van der Waals surface area contributed by atoms with E-state index in [0.717, 1.165) is 14.5 Å². The van der Waals surface area contributed by atoms with E-state index in [-0.39, 0.29) is 12.4 Å². The van der Waals surface area contributed by atoms with E-state index in [1.54, 1.807) is 24.3 Å². The molecule has 1 amide bonds. The summed E-state index contributed by atoms with van der Waals surface area (Å²) >= 11 is 2.09. The van der Waals surface area contributed by atoms with E-state index in [4.69, 9.17) is 9.15 Å². The number of halogens is 1. The predicted molar refractivity (Wildman–Crippen MR) is 108 cm³/mol. The van der Waals surface area contributed by atoms with Crippen LogP contribution in [0.4, 0.5) is 0 Å². The van der Waals surface area contributed by atoms with Gasteiger partial charge in [-0.3, -0.25) is 4.79 Å². The van der Waals surface area contributed by atoms with E-state index in [9.17, 15) is 9.59 Å². The summed E-state index contributed by atoms with van der Waals surface area (Å²) in [5, 5.41) is 4.79. The van der Waals surface area contributed by atoms with Crippen molar-refractivity contribution in [1.29, 1.82) is 0 Å². The number of rotatable bonds is 6. The van der Waals surface area contributed by atoms with Crippen LogP contribution >= 0.6 is 22.6 Å². The van der Waals surface area contributed by atoms with Crippen LogP contribution in [-0.2, 0) is 9.53 Å². The predicted octanol–water partition coefficient (Wildman–Crippen LogP) is 3.35. The first kappa shape index (κ1) is 18.9. The zero-order valence-corrected chi connectivity index (χ0v) is 16.4. The van der Waals surface area contributed by atoms with Crippen LogP contribution in [0, 0.1) is 3.57 Å². The smallest absolute Gasteiger partial charge is 0.343 e. The molecule has 3 rings (SSSR count). The number of fused-ring (bicyclic) bond motifs is 1. The van der Waals surface area contributed by atoms with Crippen LogP contribution in [-0.4, -0.2) is 31.8 Å². The van der Waals surface area contributed by atoms with Crippen LogP contribution in [0.15, 0.2) is 58.0 Å². The molecule has 0 atom stereocenters. The number of esters is 1. The summed E-state index contributed by atoms with van der Waals surface area (Å²) in [7, 11) is 1.30. The van der Waals surface area contributed by atoms with E-state index in [1.165, 1.54) is 13.3 Å². The lowest BCUT2D eigenvalue weighted by Crippen LogP contribution is -2.16. The monoisotopic (exact) mass is 478 g/mol. The Morgan fingerprint density at radius 2 is 2.04 bits per heavy atom. The van der Waals surface area contributed by atoms with Crippen LogP contribution in [0.25, 0.3) is 11.0 Å². The van der Waals surface area contributed by atoms with Crippen molar-refractivity contribution >= 4 is 51.7 Å². The minimum Gasteiger partial charge on any atom is -0.481 e. The molecule has 0 saturated carbocycles. The molecule has 27 heavy (non-hydrogen) atoms. The van der Waals surface area contributed by atoms with E-state index in [2.05, 4.69) is 37.9 Å². The minimum absolute atomic E-state index is 0.159. The van der Waals surface area contributed by atoms with Crippen molar-refractivity contribution in [3.05, 3.63) is 63.4 Å². The molecular formula is C19H15IN2O5. The van der Waals surface area contributed by atoms with Crippen molar-refractivity contribution < 1.29 is 23.5 Å². The van der Waals surface area contributed by atoms with Gasteiger partial charge in [-0.15, -0.1) is 0 Å². The summed E-state index contributed by atoms with van der Waals surface area (Å²) in [5.41, 5.74) is 3.83. The first-order valence-corrected chi connectivity index (χ1v) is 8.96. The van der Waals surface area contributed by atoms with Crippen molar-refractivity contribution in [3.8, 4) is 5.75 Å². The Labute approximate surface area is 168 Å². The molecule has 0 aliphatic rings. The van der Waals surface area contributed by atoms with Crippen molar-refractivity contribution in [2.24, 2.45) is 5.10 Å². The van der Waals surface area contributed by atoms with Gasteiger partial charge in [0.25, 0.3) is 0 Å². The van der Waals surface area contributed by atoms with E-state index < -0.39 is 11.9 Å². The lowest BCUT2D eigenvalue weighted by Gasteiger charge is -2.07. The number of methoxy groups -OCH3 is 1. The van der Waals surface area contributed by atoms with Gasteiger partial charge in [0.05, 0.1) is 16.9 Å². The van der Waals surface area contributed by atoms with Gasteiger partial charge in [0.15, 0.2) is 12.4 Å². The number of carbonyl (C=O) groups excluding carboxylic acids is 2. The maximum absolute atomic E-state index is 12.1. The number of ether oxygens (including phenoxy) is 2. The summed E-state index contributed by atoms with van der Waals surface area (Å²) in [4.78, 5) is 23.2. The number of benzene rings is 2. The number of hydrogen-bond donors (Lipinski definition) is 1. The van der Waals surface area contributed by atoms with Gasteiger partial charge in [-0.2, -0.15) is 5.10 Å². The molecule has 1 aromatic heterocycles. The highest BCUT2D eigenvalue weighted by Gasteiger charge is 2.11. The third-order valence-corrected chi connectivity index (χ3v) is 4.40. The van der Waals surface area contributed by atoms with Gasteiger partial charge < -0.3 is 13.9 Å². The lowest BCUT2D eigenvalue weighted by molar-refractivity contribution is -0.142. The number of amides is 1. The van der Waals surface area contributed by atoms with Crippen molar-refractivity contribution in [2.45, 2.75) is 0 Å². The number of nitrogens with one attached hydrogen (secondary N) is 1. The molecule has 8 heteroatoms. The summed E-state index contributed by atoms with van der Waals surface area (Å²) in [6.45, 7) is -0.159. The number of hydrogen-bond acceptors (Lipinski definition) is 6. The number of para-hydroxylation sites is 1. The van der Waals surface area contributed by atoms with Gasteiger partial charge in [-0.1, -0.05) is 18.2 Å². The second-order valence-electron chi connectivity index (χ2n) is 5.40. The van der Waals surface area contributed by atoms with Gasteiger partial charge in [-0.05, 0) is 58.5 Å². The maximum Gasteiger partial charge on any atom is 0.343 e. The molecule has 0 radical (unpaired) electrons. The van der Waals surface area contributed by atoms with E-state index in [1.807, 2.05) is 24.3 Å². The van der Waals surface area contributed by atoms with Crippen molar-refractivity contribution in [1.82, 2.24) is 5.43 Å². The first-order valence-electron chi connectivity index (χ1n) is 7.88. The highest BCUT2D eigenvalue weighted by atomic mass is 127. The summed E-state index contributed by atoms with van der Waals surface area (Å²) in [5.74, 6) is -0.140. The highest BCUT2D eigenvalue weighted by Crippen LogP contribution is 2.21. The maximum atomic E-state index is 12.1. The normalized spacial score (nSPS) is 10.9. The van der Waals surface area contributed by atoms with Crippen LogP contribution in [0.3, 0.4) is 0 Å². The number of carbonyl (C=O) groups is 2. The average molecular weight is 478 g/mol. The van der Waals surface area contributed by atoms with Gasteiger partial charge >= 0.3 is 11.9 Å². The van der Waals surface area contributed by atoms with Gasteiger partial charge in [0, 0.05) is 5.39 Å². The Morgan fingerprint density at radius 1 is 1.22 bits per heavy atom. The molecular weight excluding hydrogens is 463 g/mol. The molecule has 0 bridgehead atoms. The fourth-order valence-electron chi connectivity index (χ4n) is 2.22. The fourth-order valence-corrected chi connectivity index (χ4v) is 2.92. The van der Waals surface area contributed by atoms with Crippen molar-refractivity contribution in [2.75, 3.05) is 13.7 Å². The zero-order chi connectivity index (χ0) is 19.2. The van der Waals surface area contributed by atoms with Crippen LogP contribution in [0.2, 0.25) is 0 Å². The first-order chi connectivity index (χ1) is 13.1. The lowest BCUT2D eigenvalue weighted by atomic mass is 10.2. The van der Waals surface area contributed by atoms with Crippen LogP contribution < -0.4 is 10.2 Å². The molecule has 3 aromatic rings. The molecule has 0 aliphatic carbocycles. The van der Waals surface area contributed by atoms with Gasteiger partial charge in [0.1, 0.15) is 11.3 Å². The minimum atomic E-state index is -0.454. The zero-order valence-electron chi connectivity index (χ0n) is 14.3. The average Bonchev–Trinajstić information content (AvgIpc) is 3.11. The van der Waals surface area contributed by atoms with Crippen LogP contribution in [0.5, 0.6) is 5.75 Å². The van der Waals surface area contributed by atoms with Gasteiger partial charge in [0.2, 0.25) is 0 Å². The molecule has 0 spiro atoms. The fraction of sp³-hybridized carbons (Fsp3) is 0.105. The molecule has 0 saturated heterocycles. The molecule has 1 N–H and O–H groups in total. The largest absolute Gasteiger partial charge is 0.481 e. The molecule has 0 fully saturated rings. The SMILES string of the molecule is COC(=O)COc1ccc(/C=N/NC(=O)c2cc3ccccc3o2)cc1I. The Morgan fingerprint density at radius 3 is 2.78 bits per heavy atom. The summed E-state index contributed by atoms with van der Waals surface area (Å²) in [6.07, 6.45) is 1.51. The topological polar surface area (TPSA) is 90.1 Å². The molecule has 0 aliphatic heterocycles. The second kappa shape index (κ2) is 8.67. The summed E-state index contributed by atoms with van der Waals surface area (Å²) in [6, 6.07) is 14.3. The molecule has 0 unspecified atom stereocenters. The number of nitrogens with zero attached hydrogens (tertiary/aromatic N) is 1. The second-order valence-corrected chi connectivity index (χ2v) is 6.56. The van der Waals surface area contributed by atoms with E-state index >= 15 is 0 Å². The van der Waals surface area contributed by atoms with Gasteiger partial charge in [-0.25, -0.2) is 10.2 Å².